The maximum atomic E-state index is 6.51. The normalized spacial score (nSPS) is 11.6. The second-order valence-electron chi connectivity index (χ2n) is 14.0. The molecule has 0 saturated carbocycles. The Kier molecular flexibility index (Phi) is 7.42. The molecule has 11 rings (SSSR count). The Morgan fingerprint density at radius 2 is 0.839 bits per heavy atom. The number of para-hydroxylation sites is 2. The van der Waals surface area contributed by atoms with Crippen molar-refractivity contribution in [2.75, 3.05) is 0 Å². The maximum Gasteiger partial charge on any atom is 0.164 e. The smallest absolute Gasteiger partial charge is 0.164 e. The summed E-state index contributed by atoms with van der Waals surface area (Å²) >= 11 is 0. The van der Waals surface area contributed by atoms with Gasteiger partial charge in [0.05, 0.1) is 11.0 Å². The van der Waals surface area contributed by atoms with Gasteiger partial charge >= 0.3 is 0 Å². The van der Waals surface area contributed by atoms with Gasteiger partial charge in [-0.05, 0) is 70.8 Å². The van der Waals surface area contributed by atoms with Crippen LogP contribution in [0.15, 0.2) is 199 Å². The van der Waals surface area contributed by atoms with Crippen molar-refractivity contribution in [1.82, 2.24) is 19.5 Å². The van der Waals surface area contributed by atoms with Crippen LogP contribution in [0.5, 0.6) is 0 Å². The summed E-state index contributed by atoms with van der Waals surface area (Å²) in [6, 6.07) is 67.6. The molecule has 0 unspecified atom stereocenters. The van der Waals surface area contributed by atoms with Crippen molar-refractivity contribution >= 4 is 43.7 Å². The highest BCUT2D eigenvalue weighted by molar-refractivity contribution is 6.11. The molecule has 0 bridgehead atoms. The molecule has 0 amide bonds. The Morgan fingerprint density at radius 1 is 0.321 bits per heavy atom. The molecule has 0 aliphatic rings. The summed E-state index contributed by atoms with van der Waals surface area (Å²) in [5, 5.41) is 4.58. The Hall–Kier alpha value is -7.63. The second kappa shape index (κ2) is 13.0. The lowest BCUT2D eigenvalue weighted by Gasteiger charge is -2.12. The number of furan rings is 1. The zero-order chi connectivity index (χ0) is 37.0. The van der Waals surface area contributed by atoms with Crippen LogP contribution in [-0.2, 0) is 0 Å². The number of nitrogens with zero attached hydrogens (tertiary/aromatic N) is 4. The topological polar surface area (TPSA) is 56.7 Å². The SMILES string of the molecule is c1ccc(-c2nc(-c3ccccc3)nc(-c3ccc4c(c3)oc3ccc(-c5ccccc5-c5ccc6c7ccccc7n(-c7ccccc7)c6c5)cc34)n2)cc1. The quantitative estimate of drug-likeness (QED) is 0.172. The molecule has 0 aliphatic carbocycles. The summed E-state index contributed by atoms with van der Waals surface area (Å²) in [7, 11) is 0. The van der Waals surface area contributed by atoms with Crippen molar-refractivity contribution in [2.45, 2.75) is 0 Å². The van der Waals surface area contributed by atoms with Gasteiger partial charge in [-0.1, -0.05) is 146 Å². The fourth-order valence-corrected chi connectivity index (χ4v) is 8.00. The van der Waals surface area contributed by atoms with Gasteiger partial charge < -0.3 is 8.98 Å². The number of fused-ring (bicyclic) bond motifs is 6. The largest absolute Gasteiger partial charge is 0.456 e. The summed E-state index contributed by atoms with van der Waals surface area (Å²) in [5.41, 5.74) is 12.5. The van der Waals surface area contributed by atoms with E-state index >= 15 is 0 Å². The monoisotopic (exact) mass is 716 g/mol. The Morgan fingerprint density at radius 3 is 1.54 bits per heavy atom. The van der Waals surface area contributed by atoms with Gasteiger partial charge in [-0.3, -0.25) is 0 Å². The Balaban J connectivity index is 1.01. The highest BCUT2D eigenvalue weighted by Gasteiger charge is 2.18. The van der Waals surface area contributed by atoms with Crippen molar-refractivity contribution in [3.05, 3.63) is 194 Å². The zero-order valence-electron chi connectivity index (χ0n) is 30.2. The molecule has 5 nitrogen and oxygen atoms in total. The van der Waals surface area contributed by atoms with E-state index < -0.39 is 0 Å². The first-order chi connectivity index (χ1) is 27.7. The lowest BCUT2D eigenvalue weighted by Crippen LogP contribution is -2.00. The third-order valence-electron chi connectivity index (χ3n) is 10.7. The molecule has 0 aliphatic heterocycles. The number of benzene rings is 8. The molecule has 0 saturated heterocycles. The van der Waals surface area contributed by atoms with Crippen LogP contribution in [0.1, 0.15) is 0 Å². The lowest BCUT2D eigenvalue weighted by atomic mass is 9.93. The van der Waals surface area contributed by atoms with Crippen LogP contribution in [0.25, 0.3) is 106 Å². The van der Waals surface area contributed by atoms with Crippen LogP contribution in [0.3, 0.4) is 0 Å². The van der Waals surface area contributed by atoms with Crippen LogP contribution in [0, 0.1) is 0 Å². The molecule has 3 heterocycles. The molecule has 262 valence electrons. The summed E-state index contributed by atoms with van der Waals surface area (Å²) in [5.74, 6) is 1.85. The second-order valence-corrected chi connectivity index (χ2v) is 14.0. The number of hydrogen-bond donors (Lipinski definition) is 0. The third kappa shape index (κ3) is 5.37. The van der Waals surface area contributed by atoms with Crippen LogP contribution in [0.4, 0.5) is 0 Å². The van der Waals surface area contributed by atoms with E-state index in [1.54, 1.807) is 0 Å². The molecule has 0 fully saturated rings. The summed E-state index contributed by atoms with van der Waals surface area (Å²) in [6.07, 6.45) is 0. The molecule has 8 aromatic carbocycles. The Labute approximate surface area is 322 Å². The summed E-state index contributed by atoms with van der Waals surface area (Å²) in [4.78, 5) is 14.7. The van der Waals surface area contributed by atoms with E-state index in [4.69, 9.17) is 19.4 Å². The first-order valence-corrected chi connectivity index (χ1v) is 18.8. The minimum Gasteiger partial charge on any atom is -0.456 e. The fraction of sp³-hybridized carbons (Fsp3) is 0. The summed E-state index contributed by atoms with van der Waals surface area (Å²) < 4.78 is 8.88. The minimum absolute atomic E-state index is 0.595. The van der Waals surface area contributed by atoms with Crippen LogP contribution < -0.4 is 0 Å². The number of aromatic nitrogens is 4. The van der Waals surface area contributed by atoms with Gasteiger partial charge in [-0.15, -0.1) is 0 Å². The highest BCUT2D eigenvalue weighted by atomic mass is 16.3. The van der Waals surface area contributed by atoms with E-state index in [0.29, 0.717) is 17.5 Å². The van der Waals surface area contributed by atoms with Gasteiger partial charge in [-0.25, -0.2) is 15.0 Å². The van der Waals surface area contributed by atoms with Crippen molar-refractivity contribution in [2.24, 2.45) is 0 Å². The van der Waals surface area contributed by atoms with Crippen molar-refractivity contribution in [3.63, 3.8) is 0 Å². The maximum absolute atomic E-state index is 6.51. The minimum atomic E-state index is 0.595. The first kappa shape index (κ1) is 31.9. The third-order valence-corrected chi connectivity index (χ3v) is 10.7. The highest BCUT2D eigenvalue weighted by Crippen LogP contribution is 2.40. The van der Waals surface area contributed by atoms with Gasteiger partial charge in [0, 0.05) is 43.9 Å². The molecule has 11 aromatic rings. The van der Waals surface area contributed by atoms with Gasteiger partial charge in [0.1, 0.15) is 11.2 Å². The molecule has 3 aromatic heterocycles. The van der Waals surface area contributed by atoms with E-state index in [1.807, 2.05) is 66.7 Å². The average Bonchev–Trinajstić information content (AvgIpc) is 3.81. The first-order valence-electron chi connectivity index (χ1n) is 18.8. The number of rotatable bonds is 6. The molecule has 0 radical (unpaired) electrons. The van der Waals surface area contributed by atoms with E-state index in [1.165, 1.54) is 27.4 Å². The van der Waals surface area contributed by atoms with Crippen molar-refractivity contribution in [1.29, 1.82) is 0 Å². The van der Waals surface area contributed by atoms with E-state index in [9.17, 15) is 0 Å². The average molecular weight is 717 g/mol. The molecule has 0 atom stereocenters. The summed E-state index contributed by atoms with van der Waals surface area (Å²) in [6.45, 7) is 0. The molecular weight excluding hydrogens is 685 g/mol. The molecule has 0 spiro atoms. The number of hydrogen-bond acceptors (Lipinski definition) is 4. The van der Waals surface area contributed by atoms with E-state index in [-0.39, 0.29) is 0 Å². The van der Waals surface area contributed by atoms with Crippen LogP contribution in [-0.4, -0.2) is 19.5 Å². The van der Waals surface area contributed by atoms with Crippen LogP contribution >= 0.6 is 0 Å². The van der Waals surface area contributed by atoms with Gasteiger partial charge in [0.25, 0.3) is 0 Å². The van der Waals surface area contributed by atoms with Crippen molar-refractivity contribution in [3.8, 4) is 62.1 Å². The zero-order valence-corrected chi connectivity index (χ0v) is 30.2. The molecule has 0 N–H and O–H groups in total. The fourth-order valence-electron chi connectivity index (χ4n) is 8.00. The van der Waals surface area contributed by atoms with Crippen molar-refractivity contribution < 1.29 is 4.42 Å². The predicted octanol–water partition coefficient (Wildman–Crippen LogP) is 13.2. The van der Waals surface area contributed by atoms with Gasteiger partial charge in [0.15, 0.2) is 17.5 Å². The van der Waals surface area contributed by atoms with E-state index in [2.05, 4.69) is 132 Å². The predicted molar refractivity (Wildman–Crippen MR) is 229 cm³/mol. The van der Waals surface area contributed by atoms with Gasteiger partial charge in [-0.2, -0.15) is 0 Å². The molecule has 5 heteroatoms. The standard InChI is InChI=1S/C51H32N4O/c1-4-14-33(15-5-1)49-52-50(34-16-6-2-7-17-34)54-51(53-49)37-25-28-43-44-30-35(26-29-47(44)56-48(43)32-37)39-20-10-11-21-40(39)36-24-27-42-41-22-12-13-23-45(41)55(46(42)31-36)38-18-8-3-9-19-38/h1-32H. The van der Waals surface area contributed by atoms with E-state index in [0.717, 1.165) is 61.0 Å². The van der Waals surface area contributed by atoms with Crippen LogP contribution in [0.2, 0.25) is 0 Å². The van der Waals surface area contributed by atoms with Gasteiger partial charge in [0.2, 0.25) is 0 Å². The molecule has 56 heavy (non-hydrogen) atoms. The Bertz CT molecular complexity index is 3180. The molecular formula is C51H32N4O. The lowest BCUT2D eigenvalue weighted by molar-refractivity contribution is 0.669.